The van der Waals surface area contributed by atoms with Crippen LogP contribution in [-0.2, 0) is 96.2 Å². The third-order valence-corrected chi connectivity index (χ3v) is 10.7. The Kier molecular flexibility index (Phi) is 19.7. The molecular formula is C52H50N2O25. The van der Waals surface area contributed by atoms with E-state index < -0.39 is 131 Å². The van der Waals surface area contributed by atoms with E-state index in [1.54, 1.807) is 12.1 Å². The number of ether oxygens (including phenoxy) is 14. The lowest BCUT2D eigenvalue weighted by molar-refractivity contribution is -0.167. The zero-order valence-corrected chi connectivity index (χ0v) is 43.1. The predicted molar refractivity (Wildman–Crippen MR) is 260 cm³/mol. The van der Waals surface area contributed by atoms with Gasteiger partial charge in [0.15, 0.2) is 5.60 Å². The summed E-state index contributed by atoms with van der Waals surface area (Å²) < 4.78 is 75.0. The highest BCUT2D eigenvalue weighted by molar-refractivity contribution is 5.99. The normalized spacial score (nSPS) is 12.0. The van der Waals surface area contributed by atoms with E-state index in [1.165, 1.54) is 79.4 Å². The van der Waals surface area contributed by atoms with E-state index in [-0.39, 0.29) is 74.7 Å². The maximum atomic E-state index is 14.5. The Balaban J connectivity index is 1.44. The molecule has 0 N–H and O–H groups in total. The second kappa shape index (κ2) is 26.7. The van der Waals surface area contributed by atoms with Crippen LogP contribution in [0.1, 0.15) is 68.6 Å². The molecule has 4 aromatic carbocycles. The number of carbonyl (C=O) groups excluding carboxylic acids is 11. The van der Waals surface area contributed by atoms with Crippen molar-refractivity contribution in [2.24, 2.45) is 0 Å². The zero-order valence-electron chi connectivity index (χ0n) is 43.1. The summed E-state index contributed by atoms with van der Waals surface area (Å²) in [6.07, 6.45) is 0. The van der Waals surface area contributed by atoms with Gasteiger partial charge in [-0.15, -0.1) is 0 Å². The highest BCUT2D eigenvalue weighted by Crippen LogP contribution is 2.58. The van der Waals surface area contributed by atoms with E-state index >= 15 is 0 Å². The van der Waals surface area contributed by atoms with Crippen molar-refractivity contribution < 1.29 is 119 Å². The summed E-state index contributed by atoms with van der Waals surface area (Å²) >= 11 is 0. The molecule has 6 rings (SSSR count). The lowest BCUT2D eigenvalue weighted by atomic mass is 9.77. The first-order valence-corrected chi connectivity index (χ1v) is 23.4. The smallest absolute Gasteiger partial charge is 0.340 e. The molecule has 0 saturated carbocycles. The molecule has 79 heavy (non-hydrogen) atoms. The number of rotatable bonds is 25. The van der Waals surface area contributed by atoms with Crippen LogP contribution in [0.4, 0.5) is 11.4 Å². The summed E-state index contributed by atoms with van der Waals surface area (Å²) in [6.45, 7) is 0.00716. The number of nitrogens with zero attached hydrogens (tertiary/aromatic N) is 2. The van der Waals surface area contributed by atoms with Crippen molar-refractivity contribution >= 4 is 77.0 Å². The highest BCUT2D eigenvalue weighted by Gasteiger charge is 2.54. The number of anilines is 2. The van der Waals surface area contributed by atoms with Gasteiger partial charge >= 0.3 is 65.7 Å². The summed E-state index contributed by atoms with van der Waals surface area (Å²) in [6, 6.07) is 17.3. The number of para-hydroxylation sites is 2. The van der Waals surface area contributed by atoms with Crippen LogP contribution in [-0.4, -0.2) is 132 Å². The number of esters is 11. The van der Waals surface area contributed by atoms with Gasteiger partial charge in [-0.05, 0) is 48.5 Å². The Morgan fingerprint density at radius 1 is 0.443 bits per heavy atom. The number of hydrogen-bond acceptors (Lipinski definition) is 27. The fourth-order valence-electron chi connectivity index (χ4n) is 7.63. The fourth-order valence-corrected chi connectivity index (χ4v) is 7.63. The van der Waals surface area contributed by atoms with Gasteiger partial charge in [0.2, 0.25) is 27.2 Å². The van der Waals surface area contributed by atoms with E-state index in [0.29, 0.717) is 0 Å². The van der Waals surface area contributed by atoms with E-state index in [9.17, 15) is 52.7 Å². The number of fused-ring (bicyclic) bond motifs is 6. The zero-order chi connectivity index (χ0) is 57.4. The molecule has 2 aliphatic heterocycles. The third-order valence-electron chi connectivity index (χ3n) is 10.7. The van der Waals surface area contributed by atoms with Gasteiger partial charge in [0.25, 0.3) is 0 Å². The largest absolute Gasteiger partial charge is 0.488 e. The van der Waals surface area contributed by atoms with Crippen molar-refractivity contribution in [3.63, 3.8) is 0 Å². The van der Waals surface area contributed by atoms with Crippen molar-refractivity contribution in [1.82, 2.24) is 0 Å². The number of carbonyl (C=O) groups is 11. The Labute approximate surface area is 448 Å². The molecule has 0 amide bonds. The first kappa shape index (κ1) is 58.3. The van der Waals surface area contributed by atoms with E-state index in [1.807, 2.05) is 0 Å². The van der Waals surface area contributed by atoms with Gasteiger partial charge in [-0.25, -0.2) is 4.79 Å². The molecule has 0 radical (unpaired) electrons. The average molecular weight is 1100 g/mol. The molecule has 418 valence electrons. The van der Waals surface area contributed by atoms with Gasteiger partial charge in [-0.1, -0.05) is 12.1 Å². The van der Waals surface area contributed by atoms with Crippen LogP contribution >= 0.6 is 0 Å². The Bertz CT molecular complexity index is 2910. The van der Waals surface area contributed by atoms with Gasteiger partial charge in [0.1, 0.15) is 73.9 Å². The van der Waals surface area contributed by atoms with E-state index in [4.69, 9.17) is 66.3 Å². The molecule has 0 aliphatic carbocycles. The van der Waals surface area contributed by atoms with E-state index in [0.717, 1.165) is 32.6 Å². The highest BCUT2D eigenvalue weighted by atomic mass is 16.7. The Morgan fingerprint density at radius 3 is 1.27 bits per heavy atom. The van der Waals surface area contributed by atoms with Gasteiger partial charge in [0, 0.05) is 70.4 Å². The lowest BCUT2D eigenvalue weighted by Crippen LogP contribution is -2.37. The monoisotopic (exact) mass is 1100 g/mol. The lowest BCUT2D eigenvalue weighted by Gasteiger charge is -2.37. The molecule has 0 bridgehead atoms. The summed E-state index contributed by atoms with van der Waals surface area (Å²) in [4.78, 5) is 139. The molecule has 0 fully saturated rings. The summed E-state index contributed by atoms with van der Waals surface area (Å²) in [7, 11) is 0. The molecule has 0 atom stereocenters. The van der Waals surface area contributed by atoms with Crippen LogP contribution in [0.15, 0.2) is 72.8 Å². The summed E-state index contributed by atoms with van der Waals surface area (Å²) in [5.74, 6) is -9.26. The van der Waals surface area contributed by atoms with Crippen molar-refractivity contribution in [3.8, 4) is 34.5 Å². The van der Waals surface area contributed by atoms with Gasteiger partial charge in [-0.2, -0.15) is 0 Å². The average Bonchev–Trinajstić information content (AvgIpc) is 3.73. The van der Waals surface area contributed by atoms with Crippen LogP contribution < -0.4 is 33.5 Å². The third kappa shape index (κ3) is 15.8. The van der Waals surface area contributed by atoms with Crippen LogP contribution in [0.2, 0.25) is 0 Å². The van der Waals surface area contributed by atoms with Gasteiger partial charge in [-0.3, -0.25) is 47.9 Å². The number of benzene rings is 4. The molecule has 2 heterocycles. The minimum Gasteiger partial charge on any atom is -0.488 e. The van der Waals surface area contributed by atoms with Crippen molar-refractivity contribution in [3.05, 3.63) is 95.1 Å². The summed E-state index contributed by atoms with van der Waals surface area (Å²) in [5.41, 5.74) is -1.57. The molecule has 0 unspecified atom stereocenters. The second-order valence-electron chi connectivity index (χ2n) is 16.5. The molecule has 2 aliphatic rings. The molecule has 4 aromatic rings. The Hall–Kier alpha value is -9.95. The fraction of sp³-hybridized carbons (Fsp3) is 0.327. The van der Waals surface area contributed by atoms with Crippen LogP contribution in [0.3, 0.4) is 0 Å². The molecule has 1 spiro atoms. The standard InChI is InChI=1S/C52H50N2O25/c1-29(55)68-25-72-47(61)21-53(22-48(62)73-26-69-30(2)56)41-9-7-8-10-43(41)66-15-16-67-46-20-40-37(19-42(46)54(23-49(63)74-27-70-31(3)57)24-50(64)75-28-71-32(4)58)51(65)79-52(40)38-13-11-35(76-33(5)59)17-44(38)78-45-18-36(77-34(6)60)12-14-39(45)52/h7-14,17-20H,15-16,21-28H2,1-6H3. The maximum Gasteiger partial charge on any atom is 0.340 e. The van der Waals surface area contributed by atoms with Gasteiger partial charge in [0.05, 0.1) is 16.9 Å². The van der Waals surface area contributed by atoms with Crippen molar-refractivity contribution in [1.29, 1.82) is 0 Å². The Morgan fingerprint density at radius 2 is 0.848 bits per heavy atom. The maximum absolute atomic E-state index is 14.5. The summed E-state index contributed by atoms with van der Waals surface area (Å²) in [5, 5.41) is 0. The van der Waals surface area contributed by atoms with Crippen LogP contribution in [0, 0.1) is 0 Å². The van der Waals surface area contributed by atoms with Crippen LogP contribution in [0.25, 0.3) is 0 Å². The second-order valence-corrected chi connectivity index (χ2v) is 16.5. The first-order valence-electron chi connectivity index (χ1n) is 23.4. The molecule has 0 saturated heterocycles. The predicted octanol–water partition coefficient (Wildman–Crippen LogP) is 3.43. The van der Waals surface area contributed by atoms with Crippen molar-refractivity contribution in [2.45, 2.75) is 47.1 Å². The minimum atomic E-state index is -1.91. The van der Waals surface area contributed by atoms with Gasteiger partial charge < -0.3 is 76.1 Å². The minimum absolute atomic E-state index is 0.0301. The van der Waals surface area contributed by atoms with E-state index in [2.05, 4.69) is 0 Å². The van der Waals surface area contributed by atoms with Crippen LogP contribution in [0.5, 0.6) is 34.5 Å². The topological polar surface area (TPSA) is 323 Å². The molecular weight excluding hydrogens is 1050 g/mol. The number of hydrogen-bond donors (Lipinski definition) is 0. The molecule has 27 heteroatoms. The molecule has 27 nitrogen and oxygen atoms in total. The first-order chi connectivity index (χ1) is 37.6. The molecule has 0 aromatic heterocycles. The quantitative estimate of drug-likeness (QED) is 0.0302. The van der Waals surface area contributed by atoms with Crippen molar-refractivity contribution in [2.75, 3.05) is 76.4 Å². The SMILES string of the molecule is CC(=O)OCOC(=O)CN(CC(=O)OCOC(C)=O)c1ccccc1OCCOc1cc2c(cc1N(CC(=O)OCOC(C)=O)CC(=O)OCOC(C)=O)C(=O)OC21c2ccc(OC(C)=O)cc2Oc2cc(OC(C)=O)ccc21.